The maximum atomic E-state index is 12.1. The molecule has 0 radical (unpaired) electrons. The van der Waals surface area contributed by atoms with Crippen molar-refractivity contribution in [3.8, 4) is 0 Å². The van der Waals surface area contributed by atoms with Gasteiger partial charge in [0.1, 0.15) is 11.4 Å². The highest BCUT2D eigenvalue weighted by Gasteiger charge is 2.27. The second-order valence-corrected chi connectivity index (χ2v) is 6.94. The van der Waals surface area contributed by atoms with Gasteiger partial charge in [0.15, 0.2) is 5.15 Å². The van der Waals surface area contributed by atoms with Crippen molar-refractivity contribution in [2.45, 2.75) is 39.2 Å². The minimum Gasteiger partial charge on any atom is -0.444 e. The average Bonchev–Trinajstić information content (AvgIpc) is 2.45. The molecule has 1 amide bonds. The molecule has 1 saturated heterocycles. The Labute approximate surface area is 136 Å². The van der Waals surface area contributed by atoms with E-state index in [0.717, 1.165) is 25.9 Å². The molecule has 1 N–H and O–H groups in total. The fourth-order valence-corrected chi connectivity index (χ4v) is 2.48. The summed E-state index contributed by atoms with van der Waals surface area (Å²) in [4.78, 5) is 13.9. The van der Waals surface area contributed by atoms with Gasteiger partial charge < -0.3 is 15.0 Å². The van der Waals surface area contributed by atoms with Crippen molar-refractivity contribution in [2.75, 3.05) is 25.0 Å². The molecule has 1 aliphatic heterocycles. The topological polar surface area (TPSA) is 67.3 Å². The van der Waals surface area contributed by atoms with Crippen molar-refractivity contribution < 1.29 is 9.53 Å². The van der Waals surface area contributed by atoms with Crippen LogP contribution in [-0.2, 0) is 4.74 Å². The first kappa shape index (κ1) is 16.8. The molecule has 122 valence electrons. The summed E-state index contributed by atoms with van der Waals surface area (Å²) in [5.74, 6) is 1.07. The molecule has 0 saturated carbocycles. The van der Waals surface area contributed by atoms with E-state index in [1.807, 2.05) is 20.8 Å². The van der Waals surface area contributed by atoms with Crippen LogP contribution in [0.4, 0.5) is 10.6 Å². The second-order valence-electron chi connectivity index (χ2n) is 6.56. The number of carbonyl (C=O) groups is 1. The van der Waals surface area contributed by atoms with Crippen LogP contribution in [0.5, 0.6) is 0 Å². The van der Waals surface area contributed by atoms with Crippen LogP contribution in [0.15, 0.2) is 12.1 Å². The van der Waals surface area contributed by atoms with E-state index in [0.29, 0.717) is 23.4 Å². The van der Waals surface area contributed by atoms with Crippen molar-refractivity contribution in [3.63, 3.8) is 0 Å². The van der Waals surface area contributed by atoms with Crippen molar-refractivity contribution in [2.24, 2.45) is 5.92 Å². The summed E-state index contributed by atoms with van der Waals surface area (Å²) in [5.41, 5.74) is -0.457. The minimum absolute atomic E-state index is 0.233. The van der Waals surface area contributed by atoms with E-state index < -0.39 is 5.60 Å². The highest BCUT2D eigenvalue weighted by molar-refractivity contribution is 6.29. The molecule has 6 nitrogen and oxygen atoms in total. The first-order valence-electron chi connectivity index (χ1n) is 7.54. The standard InChI is InChI=1S/C15H23ClN4O2/c1-15(2,3)22-14(21)20-8-4-5-11(10-20)9-17-13-7-6-12(16)18-19-13/h6-7,11H,4-5,8-10H2,1-3H3,(H,17,19). The number of aromatic nitrogens is 2. The Morgan fingerprint density at radius 3 is 2.86 bits per heavy atom. The zero-order valence-electron chi connectivity index (χ0n) is 13.3. The first-order valence-corrected chi connectivity index (χ1v) is 7.92. The number of anilines is 1. The fraction of sp³-hybridized carbons (Fsp3) is 0.667. The summed E-state index contributed by atoms with van der Waals surface area (Å²) in [6.45, 7) is 7.85. The molecular weight excluding hydrogens is 304 g/mol. The lowest BCUT2D eigenvalue weighted by molar-refractivity contribution is 0.0172. The minimum atomic E-state index is -0.457. The molecule has 7 heteroatoms. The third-order valence-electron chi connectivity index (χ3n) is 3.37. The van der Waals surface area contributed by atoms with Crippen LogP contribution in [0, 0.1) is 5.92 Å². The summed E-state index contributed by atoms with van der Waals surface area (Å²) < 4.78 is 5.43. The maximum Gasteiger partial charge on any atom is 0.410 e. The lowest BCUT2D eigenvalue weighted by Gasteiger charge is -2.34. The third-order valence-corrected chi connectivity index (χ3v) is 3.58. The van der Waals surface area contributed by atoms with E-state index >= 15 is 0 Å². The second kappa shape index (κ2) is 7.13. The van der Waals surface area contributed by atoms with Crippen LogP contribution >= 0.6 is 11.6 Å². The Morgan fingerprint density at radius 2 is 2.23 bits per heavy atom. The molecule has 1 aromatic heterocycles. The van der Waals surface area contributed by atoms with Gasteiger partial charge in [0.2, 0.25) is 0 Å². The number of halogens is 1. The smallest absolute Gasteiger partial charge is 0.410 e. The van der Waals surface area contributed by atoms with Crippen LogP contribution in [0.3, 0.4) is 0 Å². The Hall–Kier alpha value is -1.56. The molecule has 1 atom stereocenters. The highest BCUT2D eigenvalue weighted by atomic mass is 35.5. The highest BCUT2D eigenvalue weighted by Crippen LogP contribution is 2.20. The number of piperidine rings is 1. The number of ether oxygens (including phenoxy) is 1. The number of hydrogen-bond donors (Lipinski definition) is 1. The third kappa shape index (κ3) is 5.33. The summed E-state index contributed by atoms with van der Waals surface area (Å²) >= 11 is 5.71. The summed E-state index contributed by atoms with van der Waals surface area (Å²) in [6.07, 6.45) is 1.83. The van der Waals surface area contributed by atoms with Crippen LogP contribution in [0.2, 0.25) is 5.15 Å². The van der Waals surface area contributed by atoms with E-state index in [2.05, 4.69) is 15.5 Å². The number of likely N-dealkylation sites (tertiary alicyclic amines) is 1. The maximum absolute atomic E-state index is 12.1. The number of nitrogens with zero attached hydrogens (tertiary/aromatic N) is 3. The van der Waals surface area contributed by atoms with E-state index in [1.54, 1.807) is 17.0 Å². The Kier molecular flexibility index (Phi) is 5.45. The number of rotatable bonds is 3. The molecule has 22 heavy (non-hydrogen) atoms. The number of nitrogens with one attached hydrogen (secondary N) is 1. The summed E-state index contributed by atoms with van der Waals surface area (Å²) in [7, 11) is 0. The van der Waals surface area contributed by atoms with Crippen molar-refractivity contribution in [1.82, 2.24) is 15.1 Å². The molecule has 0 spiro atoms. The molecule has 0 aromatic carbocycles. The normalized spacial score (nSPS) is 18.9. The van der Waals surface area contributed by atoms with Gasteiger partial charge in [0.05, 0.1) is 0 Å². The van der Waals surface area contributed by atoms with Gasteiger partial charge in [-0.3, -0.25) is 0 Å². The predicted molar refractivity (Wildman–Crippen MR) is 86.1 cm³/mol. The van der Waals surface area contributed by atoms with Crippen LogP contribution in [-0.4, -0.2) is 46.4 Å². The SMILES string of the molecule is CC(C)(C)OC(=O)N1CCCC(CNc2ccc(Cl)nn2)C1. The zero-order chi connectivity index (χ0) is 16.2. The Morgan fingerprint density at radius 1 is 1.45 bits per heavy atom. The molecule has 2 heterocycles. The Balaban J connectivity index is 1.82. The average molecular weight is 327 g/mol. The Bertz CT molecular complexity index is 501. The molecule has 1 unspecified atom stereocenters. The van der Waals surface area contributed by atoms with Gasteiger partial charge in [-0.05, 0) is 51.7 Å². The van der Waals surface area contributed by atoms with Crippen molar-refractivity contribution in [1.29, 1.82) is 0 Å². The van der Waals surface area contributed by atoms with E-state index in [-0.39, 0.29) is 6.09 Å². The monoisotopic (exact) mass is 326 g/mol. The van der Waals surface area contributed by atoms with E-state index in [4.69, 9.17) is 16.3 Å². The van der Waals surface area contributed by atoms with Crippen molar-refractivity contribution in [3.05, 3.63) is 17.3 Å². The van der Waals surface area contributed by atoms with Gasteiger partial charge in [0, 0.05) is 19.6 Å². The van der Waals surface area contributed by atoms with Gasteiger partial charge in [-0.15, -0.1) is 10.2 Å². The van der Waals surface area contributed by atoms with E-state index in [9.17, 15) is 4.79 Å². The molecule has 0 bridgehead atoms. The quantitative estimate of drug-likeness (QED) is 0.924. The first-order chi connectivity index (χ1) is 10.3. The fourth-order valence-electron chi connectivity index (χ4n) is 2.38. The molecule has 1 fully saturated rings. The van der Waals surface area contributed by atoms with Gasteiger partial charge in [-0.25, -0.2) is 4.79 Å². The number of carbonyl (C=O) groups excluding carboxylic acids is 1. The van der Waals surface area contributed by atoms with Gasteiger partial charge in [-0.1, -0.05) is 11.6 Å². The lowest BCUT2D eigenvalue weighted by atomic mass is 9.98. The van der Waals surface area contributed by atoms with Crippen LogP contribution in [0.1, 0.15) is 33.6 Å². The van der Waals surface area contributed by atoms with Gasteiger partial charge in [-0.2, -0.15) is 0 Å². The molecule has 1 aromatic rings. The van der Waals surface area contributed by atoms with Crippen LogP contribution in [0.25, 0.3) is 0 Å². The van der Waals surface area contributed by atoms with E-state index in [1.165, 1.54) is 0 Å². The summed E-state index contributed by atoms with van der Waals surface area (Å²) in [6, 6.07) is 3.49. The number of amides is 1. The number of hydrogen-bond acceptors (Lipinski definition) is 5. The van der Waals surface area contributed by atoms with Gasteiger partial charge >= 0.3 is 6.09 Å². The molecule has 1 aliphatic rings. The summed E-state index contributed by atoms with van der Waals surface area (Å²) in [5, 5.41) is 11.4. The van der Waals surface area contributed by atoms with Crippen LogP contribution < -0.4 is 5.32 Å². The van der Waals surface area contributed by atoms with Gasteiger partial charge in [0.25, 0.3) is 0 Å². The molecule has 2 rings (SSSR count). The predicted octanol–water partition coefficient (Wildman–Crippen LogP) is 3.19. The lowest BCUT2D eigenvalue weighted by Crippen LogP contribution is -2.44. The molecule has 0 aliphatic carbocycles. The molecular formula is C15H23ClN4O2. The van der Waals surface area contributed by atoms with Crippen molar-refractivity contribution >= 4 is 23.5 Å². The zero-order valence-corrected chi connectivity index (χ0v) is 14.1. The largest absolute Gasteiger partial charge is 0.444 e.